The topological polar surface area (TPSA) is 106 Å². The van der Waals surface area contributed by atoms with Crippen LogP contribution in [0.5, 0.6) is 5.75 Å². The van der Waals surface area contributed by atoms with Gasteiger partial charge in [0.1, 0.15) is 12.2 Å². The molecule has 0 spiro atoms. The second kappa shape index (κ2) is 9.96. The molecule has 1 saturated heterocycles. The number of carbonyl (C=O) groups excluding carboxylic acids is 1. The molecule has 0 amide bonds. The molecule has 0 N–H and O–H groups in total. The van der Waals surface area contributed by atoms with E-state index in [1.54, 1.807) is 42.5 Å². The minimum Gasteiger partial charge on any atom is -0.493 e. The molecule has 0 bridgehead atoms. The summed E-state index contributed by atoms with van der Waals surface area (Å²) in [5.41, 5.74) is 0.288. The third kappa shape index (κ3) is 4.98. The third-order valence-corrected chi connectivity index (χ3v) is 7.71. The second-order valence-corrected chi connectivity index (χ2v) is 9.96. The fraction of sp³-hybridized carbons (Fsp3) is 0.333. The lowest BCUT2D eigenvalue weighted by molar-refractivity contribution is 0.0440. The molecule has 2 heterocycles. The molecule has 2 aromatic carbocycles. The maximum atomic E-state index is 12.8. The average Bonchev–Trinajstić information content (AvgIpc) is 2.83. The van der Waals surface area contributed by atoms with Gasteiger partial charge in [0.05, 0.1) is 12.0 Å². The van der Waals surface area contributed by atoms with E-state index in [9.17, 15) is 18.0 Å². The zero-order valence-corrected chi connectivity index (χ0v) is 19.8. The van der Waals surface area contributed by atoms with Crippen LogP contribution in [0.3, 0.4) is 0 Å². The summed E-state index contributed by atoms with van der Waals surface area (Å²) < 4.78 is 42.8. The van der Waals surface area contributed by atoms with Gasteiger partial charge in [0, 0.05) is 38.1 Å². The van der Waals surface area contributed by atoms with E-state index in [1.807, 2.05) is 11.8 Å². The van der Waals surface area contributed by atoms with Crippen LogP contribution in [-0.4, -0.2) is 70.0 Å². The Kier molecular flexibility index (Phi) is 7.01. The standard InChI is InChI=1S/C24H26N2O7S/c1-17-6-8-19(9-7-17)34(29,30)26-12-10-25(11-13-26)14-15-32-23(27)20-16-18-4-3-5-21(31-2)22(18)33-24(20)28/h3-9,16H,10-15H2,1-2H3. The van der Waals surface area contributed by atoms with Gasteiger partial charge in [0.25, 0.3) is 0 Å². The van der Waals surface area contributed by atoms with E-state index in [0.29, 0.717) is 43.9 Å². The number of para-hydroxylation sites is 1. The molecule has 1 aliphatic heterocycles. The normalized spacial score (nSPS) is 15.4. The van der Waals surface area contributed by atoms with Crippen LogP contribution < -0.4 is 10.4 Å². The van der Waals surface area contributed by atoms with Crippen molar-refractivity contribution in [1.29, 1.82) is 0 Å². The van der Waals surface area contributed by atoms with Crippen molar-refractivity contribution in [2.45, 2.75) is 11.8 Å². The Morgan fingerprint density at radius 2 is 1.76 bits per heavy atom. The number of ether oxygens (including phenoxy) is 2. The number of rotatable bonds is 7. The van der Waals surface area contributed by atoms with Crippen LogP contribution in [0.1, 0.15) is 15.9 Å². The monoisotopic (exact) mass is 486 g/mol. The lowest BCUT2D eigenvalue weighted by Crippen LogP contribution is -2.49. The SMILES string of the molecule is COc1cccc2cc(C(=O)OCCN3CCN(S(=O)(=O)c4ccc(C)cc4)CC3)c(=O)oc12. The van der Waals surface area contributed by atoms with E-state index in [-0.39, 0.29) is 22.6 Å². The Morgan fingerprint density at radius 1 is 1.06 bits per heavy atom. The number of hydrogen-bond donors (Lipinski definition) is 0. The van der Waals surface area contributed by atoms with Gasteiger partial charge in [-0.05, 0) is 31.2 Å². The molecule has 34 heavy (non-hydrogen) atoms. The molecule has 1 fully saturated rings. The summed E-state index contributed by atoms with van der Waals surface area (Å²) >= 11 is 0. The maximum Gasteiger partial charge on any atom is 0.351 e. The molecule has 3 aromatic rings. The molecular weight excluding hydrogens is 460 g/mol. The first kappa shape index (κ1) is 23.9. The van der Waals surface area contributed by atoms with Crippen LogP contribution >= 0.6 is 0 Å². The van der Waals surface area contributed by atoms with Gasteiger partial charge in [0.2, 0.25) is 10.0 Å². The first-order valence-electron chi connectivity index (χ1n) is 10.9. The highest BCUT2D eigenvalue weighted by Crippen LogP contribution is 2.24. The second-order valence-electron chi connectivity index (χ2n) is 8.02. The summed E-state index contributed by atoms with van der Waals surface area (Å²) in [7, 11) is -2.07. The summed E-state index contributed by atoms with van der Waals surface area (Å²) in [5.74, 6) is -0.364. The lowest BCUT2D eigenvalue weighted by atomic mass is 10.2. The number of esters is 1. The summed E-state index contributed by atoms with van der Waals surface area (Å²) in [6.45, 7) is 4.13. The van der Waals surface area contributed by atoms with E-state index >= 15 is 0 Å². The molecule has 9 nitrogen and oxygen atoms in total. The highest BCUT2D eigenvalue weighted by atomic mass is 32.2. The van der Waals surface area contributed by atoms with Crippen LogP contribution in [-0.2, 0) is 14.8 Å². The molecule has 4 rings (SSSR count). The number of methoxy groups -OCH3 is 1. The molecule has 180 valence electrons. The number of carbonyl (C=O) groups is 1. The van der Waals surface area contributed by atoms with Crippen molar-refractivity contribution in [1.82, 2.24) is 9.21 Å². The van der Waals surface area contributed by atoms with Crippen molar-refractivity contribution in [3.8, 4) is 5.75 Å². The maximum absolute atomic E-state index is 12.8. The van der Waals surface area contributed by atoms with Crippen molar-refractivity contribution in [3.05, 3.63) is 70.1 Å². The number of nitrogens with zero attached hydrogens (tertiary/aromatic N) is 2. The van der Waals surface area contributed by atoms with Gasteiger partial charge in [-0.3, -0.25) is 4.90 Å². The fourth-order valence-corrected chi connectivity index (χ4v) is 5.24. The van der Waals surface area contributed by atoms with Gasteiger partial charge in [0.15, 0.2) is 11.3 Å². The minimum absolute atomic E-state index is 0.0686. The number of piperazine rings is 1. The van der Waals surface area contributed by atoms with Gasteiger partial charge in [-0.25, -0.2) is 18.0 Å². The molecule has 1 aliphatic rings. The van der Waals surface area contributed by atoms with Crippen LogP contribution in [0.4, 0.5) is 0 Å². The van der Waals surface area contributed by atoms with Crippen molar-refractivity contribution < 1.29 is 27.1 Å². The zero-order chi connectivity index (χ0) is 24.3. The predicted molar refractivity (Wildman–Crippen MR) is 126 cm³/mol. The number of aryl methyl sites for hydroxylation is 1. The van der Waals surface area contributed by atoms with E-state index in [2.05, 4.69) is 0 Å². The smallest absolute Gasteiger partial charge is 0.351 e. The lowest BCUT2D eigenvalue weighted by Gasteiger charge is -2.33. The molecule has 0 atom stereocenters. The van der Waals surface area contributed by atoms with Crippen molar-refractivity contribution in [2.75, 3.05) is 46.4 Å². The van der Waals surface area contributed by atoms with Crippen LogP contribution in [0.2, 0.25) is 0 Å². The Morgan fingerprint density at radius 3 is 2.44 bits per heavy atom. The van der Waals surface area contributed by atoms with Crippen molar-refractivity contribution >= 4 is 27.0 Å². The summed E-state index contributed by atoms with van der Waals surface area (Å²) in [5, 5.41) is 0.553. The van der Waals surface area contributed by atoms with Gasteiger partial charge in [-0.15, -0.1) is 0 Å². The van der Waals surface area contributed by atoms with Gasteiger partial charge >= 0.3 is 11.6 Å². The molecule has 10 heteroatoms. The Balaban J connectivity index is 1.31. The number of benzene rings is 2. The minimum atomic E-state index is -3.53. The summed E-state index contributed by atoms with van der Waals surface area (Å²) in [6.07, 6.45) is 0. The van der Waals surface area contributed by atoms with Crippen LogP contribution in [0.25, 0.3) is 11.0 Å². The Labute approximate surface area is 197 Å². The van der Waals surface area contributed by atoms with E-state index in [0.717, 1.165) is 5.56 Å². The zero-order valence-electron chi connectivity index (χ0n) is 19.0. The molecular formula is C24H26N2O7S. The van der Waals surface area contributed by atoms with Gasteiger partial charge in [-0.1, -0.05) is 29.8 Å². The first-order valence-corrected chi connectivity index (χ1v) is 12.3. The van der Waals surface area contributed by atoms with Crippen molar-refractivity contribution in [3.63, 3.8) is 0 Å². The van der Waals surface area contributed by atoms with Crippen LogP contribution in [0, 0.1) is 6.92 Å². The Hall–Kier alpha value is -3.21. The number of sulfonamides is 1. The molecule has 0 radical (unpaired) electrons. The quantitative estimate of drug-likeness (QED) is 0.370. The highest BCUT2D eigenvalue weighted by Gasteiger charge is 2.28. The average molecular weight is 487 g/mol. The van der Waals surface area contributed by atoms with E-state index < -0.39 is 21.6 Å². The number of hydrogen-bond acceptors (Lipinski definition) is 8. The molecule has 0 saturated carbocycles. The summed E-state index contributed by atoms with van der Waals surface area (Å²) in [4.78, 5) is 27.0. The highest BCUT2D eigenvalue weighted by molar-refractivity contribution is 7.89. The summed E-state index contributed by atoms with van der Waals surface area (Å²) in [6, 6.07) is 13.3. The molecule has 0 aliphatic carbocycles. The van der Waals surface area contributed by atoms with Gasteiger partial charge < -0.3 is 13.9 Å². The Bertz CT molecular complexity index is 1340. The van der Waals surface area contributed by atoms with E-state index in [1.165, 1.54) is 17.5 Å². The van der Waals surface area contributed by atoms with Crippen molar-refractivity contribution in [2.24, 2.45) is 0 Å². The first-order chi connectivity index (χ1) is 16.3. The number of fused-ring (bicyclic) bond motifs is 1. The van der Waals surface area contributed by atoms with E-state index in [4.69, 9.17) is 13.9 Å². The van der Waals surface area contributed by atoms with Gasteiger partial charge in [-0.2, -0.15) is 4.31 Å². The third-order valence-electron chi connectivity index (χ3n) is 5.79. The molecule has 1 aromatic heterocycles. The molecule has 0 unspecified atom stereocenters. The predicted octanol–water partition coefficient (Wildman–Crippen LogP) is 2.27. The largest absolute Gasteiger partial charge is 0.493 e. The van der Waals surface area contributed by atoms with Crippen LogP contribution in [0.15, 0.2) is 62.6 Å². The fourth-order valence-electron chi connectivity index (χ4n) is 3.82.